The van der Waals surface area contributed by atoms with Crippen molar-refractivity contribution in [1.82, 2.24) is 9.80 Å². The molecule has 1 aliphatic rings. The Morgan fingerprint density at radius 3 is 2.35 bits per heavy atom. The van der Waals surface area contributed by atoms with Crippen LogP contribution in [0.4, 0.5) is 0 Å². The molecule has 0 spiro atoms. The van der Waals surface area contributed by atoms with E-state index >= 15 is 0 Å². The number of hydrogen-bond acceptors (Lipinski definition) is 2. The Labute approximate surface area is 119 Å². The number of likely N-dealkylation sites (N-methyl/N-ethyl adjacent to an activating group) is 1. The average molecular weight is 268 g/mol. The Hall–Kier alpha value is -1.87. The maximum absolute atomic E-state index is 12.5. The topological polar surface area (TPSA) is 23.6 Å². The van der Waals surface area contributed by atoms with Gasteiger partial charge in [0, 0.05) is 31.7 Å². The van der Waals surface area contributed by atoms with Gasteiger partial charge in [-0.25, -0.2) is 0 Å². The zero-order valence-electron chi connectivity index (χ0n) is 12.1. The maximum atomic E-state index is 12.5. The van der Waals surface area contributed by atoms with E-state index in [9.17, 15) is 4.79 Å². The average Bonchev–Trinajstić information content (AvgIpc) is 2.47. The zero-order valence-corrected chi connectivity index (χ0v) is 12.1. The minimum atomic E-state index is 0.153. The molecule has 0 N–H and O–H groups in total. The molecule has 0 atom stereocenters. The molecule has 0 bridgehead atoms. The molecule has 3 heteroatoms. The highest BCUT2D eigenvalue weighted by Crippen LogP contribution is 2.19. The predicted octanol–water partition coefficient (Wildman–Crippen LogP) is 2.54. The highest BCUT2D eigenvalue weighted by atomic mass is 16.2. The number of benzene rings is 2. The Morgan fingerprint density at radius 1 is 0.950 bits per heavy atom. The Bertz CT molecular complexity index is 642. The van der Waals surface area contributed by atoms with Gasteiger partial charge in [-0.15, -0.1) is 0 Å². The first-order valence-electron chi connectivity index (χ1n) is 7.12. The number of nitrogens with zero attached hydrogens (tertiary/aromatic N) is 2. The molecule has 1 heterocycles. The van der Waals surface area contributed by atoms with Gasteiger partial charge in [0.05, 0.1) is 0 Å². The molecule has 20 heavy (non-hydrogen) atoms. The van der Waals surface area contributed by atoms with Gasteiger partial charge in [-0.1, -0.05) is 29.8 Å². The lowest BCUT2D eigenvalue weighted by atomic mass is 10.0. The van der Waals surface area contributed by atoms with Crippen molar-refractivity contribution in [2.75, 3.05) is 33.2 Å². The van der Waals surface area contributed by atoms with Gasteiger partial charge in [0.2, 0.25) is 0 Å². The first-order chi connectivity index (χ1) is 9.63. The number of carbonyl (C=O) groups excluding carboxylic acids is 1. The summed E-state index contributed by atoms with van der Waals surface area (Å²) in [5.41, 5.74) is 2.04. The van der Waals surface area contributed by atoms with Crippen LogP contribution in [0, 0.1) is 6.92 Å². The largest absolute Gasteiger partial charge is 0.336 e. The molecule has 2 aromatic rings. The van der Waals surface area contributed by atoms with Crippen molar-refractivity contribution in [3.05, 3.63) is 47.5 Å². The first kappa shape index (κ1) is 13.1. The molecular weight excluding hydrogens is 248 g/mol. The van der Waals surface area contributed by atoms with E-state index in [-0.39, 0.29) is 5.91 Å². The predicted molar refractivity (Wildman–Crippen MR) is 82.1 cm³/mol. The third-order valence-electron chi connectivity index (χ3n) is 4.03. The summed E-state index contributed by atoms with van der Waals surface area (Å²) in [6.07, 6.45) is 0. The fraction of sp³-hybridized carbons (Fsp3) is 0.353. The molecule has 104 valence electrons. The fourth-order valence-electron chi connectivity index (χ4n) is 2.69. The van der Waals surface area contributed by atoms with Crippen LogP contribution in [0.5, 0.6) is 0 Å². The van der Waals surface area contributed by atoms with E-state index in [1.165, 1.54) is 10.9 Å². The van der Waals surface area contributed by atoms with Crippen molar-refractivity contribution in [2.24, 2.45) is 0 Å². The summed E-state index contributed by atoms with van der Waals surface area (Å²) in [5.74, 6) is 0.153. The Morgan fingerprint density at radius 2 is 1.60 bits per heavy atom. The van der Waals surface area contributed by atoms with E-state index in [2.05, 4.69) is 37.1 Å². The second-order valence-electron chi connectivity index (χ2n) is 5.66. The van der Waals surface area contributed by atoms with Crippen molar-refractivity contribution >= 4 is 16.7 Å². The SMILES string of the molecule is Cc1ccc2cc(C(=O)N3CCN(C)CC3)ccc2c1. The molecule has 0 radical (unpaired) electrons. The lowest BCUT2D eigenvalue weighted by Gasteiger charge is -2.32. The molecular formula is C17H20N2O. The first-order valence-corrected chi connectivity index (χ1v) is 7.12. The van der Waals surface area contributed by atoms with Gasteiger partial charge in [0.1, 0.15) is 0 Å². The summed E-state index contributed by atoms with van der Waals surface area (Å²) in [5, 5.41) is 2.33. The normalized spacial score (nSPS) is 16.6. The van der Waals surface area contributed by atoms with Crippen LogP contribution in [0.1, 0.15) is 15.9 Å². The van der Waals surface area contributed by atoms with Gasteiger partial charge in [-0.2, -0.15) is 0 Å². The van der Waals surface area contributed by atoms with E-state index in [1.54, 1.807) is 0 Å². The van der Waals surface area contributed by atoms with Crippen LogP contribution in [0.3, 0.4) is 0 Å². The molecule has 0 saturated carbocycles. The second-order valence-corrected chi connectivity index (χ2v) is 5.66. The van der Waals surface area contributed by atoms with E-state index in [1.807, 2.05) is 23.1 Å². The number of aryl methyl sites for hydroxylation is 1. The van der Waals surface area contributed by atoms with Crippen LogP contribution in [-0.2, 0) is 0 Å². The number of fused-ring (bicyclic) bond motifs is 1. The summed E-state index contributed by atoms with van der Waals surface area (Å²) < 4.78 is 0. The lowest BCUT2D eigenvalue weighted by molar-refractivity contribution is 0.0664. The number of piperazine rings is 1. The number of amides is 1. The van der Waals surface area contributed by atoms with Crippen LogP contribution in [-0.4, -0.2) is 48.9 Å². The zero-order chi connectivity index (χ0) is 14.1. The molecule has 1 fully saturated rings. The van der Waals surface area contributed by atoms with Crippen molar-refractivity contribution in [2.45, 2.75) is 6.92 Å². The van der Waals surface area contributed by atoms with Gasteiger partial charge in [0.25, 0.3) is 5.91 Å². The summed E-state index contributed by atoms with van der Waals surface area (Å²) in [6, 6.07) is 12.3. The summed E-state index contributed by atoms with van der Waals surface area (Å²) >= 11 is 0. The van der Waals surface area contributed by atoms with Crippen LogP contribution >= 0.6 is 0 Å². The van der Waals surface area contributed by atoms with Gasteiger partial charge in [-0.3, -0.25) is 4.79 Å². The standard InChI is InChI=1S/C17H20N2O/c1-13-3-4-15-12-16(6-5-14(15)11-13)17(20)19-9-7-18(2)8-10-19/h3-6,11-12H,7-10H2,1-2H3. The molecule has 0 unspecified atom stereocenters. The highest BCUT2D eigenvalue weighted by molar-refractivity contribution is 5.98. The highest BCUT2D eigenvalue weighted by Gasteiger charge is 2.20. The van der Waals surface area contributed by atoms with E-state index < -0.39 is 0 Å². The molecule has 3 nitrogen and oxygen atoms in total. The van der Waals surface area contributed by atoms with Crippen molar-refractivity contribution in [1.29, 1.82) is 0 Å². The minimum absolute atomic E-state index is 0.153. The fourth-order valence-corrected chi connectivity index (χ4v) is 2.69. The number of hydrogen-bond donors (Lipinski definition) is 0. The van der Waals surface area contributed by atoms with Crippen LogP contribution < -0.4 is 0 Å². The minimum Gasteiger partial charge on any atom is -0.336 e. The molecule has 3 rings (SSSR count). The second kappa shape index (κ2) is 5.25. The number of carbonyl (C=O) groups is 1. The van der Waals surface area contributed by atoms with Crippen molar-refractivity contribution in [3.8, 4) is 0 Å². The van der Waals surface area contributed by atoms with Crippen molar-refractivity contribution in [3.63, 3.8) is 0 Å². The smallest absolute Gasteiger partial charge is 0.253 e. The third-order valence-corrected chi connectivity index (χ3v) is 4.03. The molecule has 0 aromatic heterocycles. The quantitative estimate of drug-likeness (QED) is 0.793. The van der Waals surface area contributed by atoms with Gasteiger partial charge < -0.3 is 9.80 Å². The van der Waals surface area contributed by atoms with Gasteiger partial charge in [-0.05, 0) is 36.9 Å². The maximum Gasteiger partial charge on any atom is 0.253 e. The Kier molecular flexibility index (Phi) is 3.45. The number of rotatable bonds is 1. The molecule has 2 aromatic carbocycles. The van der Waals surface area contributed by atoms with Crippen LogP contribution in [0.25, 0.3) is 10.8 Å². The van der Waals surface area contributed by atoms with E-state index in [0.717, 1.165) is 37.1 Å². The monoisotopic (exact) mass is 268 g/mol. The molecule has 1 saturated heterocycles. The van der Waals surface area contributed by atoms with Gasteiger partial charge >= 0.3 is 0 Å². The summed E-state index contributed by atoms with van der Waals surface area (Å²) in [7, 11) is 2.10. The van der Waals surface area contributed by atoms with Gasteiger partial charge in [0.15, 0.2) is 0 Å². The lowest BCUT2D eigenvalue weighted by Crippen LogP contribution is -2.47. The molecule has 0 aliphatic carbocycles. The third kappa shape index (κ3) is 2.54. The molecule has 1 amide bonds. The van der Waals surface area contributed by atoms with E-state index in [4.69, 9.17) is 0 Å². The van der Waals surface area contributed by atoms with Crippen LogP contribution in [0.15, 0.2) is 36.4 Å². The Balaban J connectivity index is 1.86. The van der Waals surface area contributed by atoms with E-state index in [0.29, 0.717) is 0 Å². The molecule has 1 aliphatic heterocycles. The van der Waals surface area contributed by atoms with Crippen LogP contribution in [0.2, 0.25) is 0 Å². The summed E-state index contributed by atoms with van der Waals surface area (Å²) in [6.45, 7) is 5.64. The van der Waals surface area contributed by atoms with Crippen molar-refractivity contribution < 1.29 is 4.79 Å². The summed E-state index contributed by atoms with van der Waals surface area (Å²) in [4.78, 5) is 16.7.